The first-order valence-corrected chi connectivity index (χ1v) is 7.45. The fourth-order valence-corrected chi connectivity index (χ4v) is 2.45. The van der Waals surface area contributed by atoms with E-state index in [9.17, 15) is 4.79 Å². The van der Waals surface area contributed by atoms with E-state index in [1.54, 1.807) is 11.8 Å². The summed E-state index contributed by atoms with van der Waals surface area (Å²) in [6, 6.07) is 5.63. The van der Waals surface area contributed by atoms with E-state index in [0.29, 0.717) is 11.5 Å². The summed E-state index contributed by atoms with van der Waals surface area (Å²) in [7, 11) is 0. The van der Waals surface area contributed by atoms with E-state index in [-0.39, 0.29) is 5.91 Å². The second kappa shape index (κ2) is 6.97. The molecule has 0 heterocycles. The van der Waals surface area contributed by atoms with Crippen LogP contribution in [0.2, 0.25) is 0 Å². The summed E-state index contributed by atoms with van der Waals surface area (Å²) in [6.45, 7) is 4.79. The van der Waals surface area contributed by atoms with Crippen molar-refractivity contribution in [2.75, 3.05) is 18.6 Å². The van der Waals surface area contributed by atoms with E-state index >= 15 is 0 Å². The van der Waals surface area contributed by atoms with Gasteiger partial charge in [0, 0.05) is 17.0 Å². The normalized spacial score (nSPS) is 12.2. The van der Waals surface area contributed by atoms with E-state index in [1.807, 2.05) is 25.1 Å². The van der Waals surface area contributed by atoms with Gasteiger partial charge in [0.1, 0.15) is 0 Å². The standard InChI is InChI=1S/C13H19NOS2/c1-9(8-17-3)7-14-13(15)12-6-11(16)5-4-10(12)2/h4-6,9,16H,7-8H2,1-3H3,(H,14,15). The number of aryl methyl sites for hydroxylation is 1. The van der Waals surface area contributed by atoms with Crippen molar-refractivity contribution < 1.29 is 4.79 Å². The third-order valence-electron chi connectivity index (χ3n) is 2.53. The van der Waals surface area contributed by atoms with Gasteiger partial charge in [0.05, 0.1) is 0 Å². The highest BCUT2D eigenvalue weighted by Gasteiger charge is 2.10. The third-order valence-corrected chi connectivity index (χ3v) is 3.71. The van der Waals surface area contributed by atoms with Crippen molar-refractivity contribution in [3.8, 4) is 0 Å². The molecule has 0 aliphatic heterocycles. The van der Waals surface area contributed by atoms with Crippen molar-refractivity contribution in [3.05, 3.63) is 29.3 Å². The second-order valence-electron chi connectivity index (χ2n) is 4.27. The van der Waals surface area contributed by atoms with Crippen LogP contribution >= 0.6 is 24.4 Å². The maximum absolute atomic E-state index is 12.0. The molecular formula is C13H19NOS2. The minimum absolute atomic E-state index is 0.00801. The Labute approximate surface area is 113 Å². The molecule has 1 unspecified atom stereocenters. The van der Waals surface area contributed by atoms with Crippen LogP contribution in [0.15, 0.2) is 23.1 Å². The maximum atomic E-state index is 12.0. The highest BCUT2D eigenvalue weighted by Crippen LogP contribution is 2.14. The lowest BCUT2D eigenvalue weighted by molar-refractivity contribution is 0.0948. The molecule has 0 radical (unpaired) electrons. The Morgan fingerprint density at radius 3 is 2.88 bits per heavy atom. The molecule has 4 heteroatoms. The molecule has 0 aromatic heterocycles. The third kappa shape index (κ3) is 4.64. The van der Waals surface area contributed by atoms with Crippen LogP contribution in [0.25, 0.3) is 0 Å². The number of carbonyl (C=O) groups excluding carboxylic acids is 1. The smallest absolute Gasteiger partial charge is 0.251 e. The molecule has 1 atom stereocenters. The lowest BCUT2D eigenvalue weighted by Gasteiger charge is -2.12. The fourth-order valence-electron chi connectivity index (χ4n) is 1.56. The zero-order chi connectivity index (χ0) is 12.8. The highest BCUT2D eigenvalue weighted by atomic mass is 32.2. The first kappa shape index (κ1) is 14.5. The van der Waals surface area contributed by atoms with Crippen LogP contribution in [0.4, 0.5) is 0 Å². The molecule has 1 rings (SSSR count). The lowest BCUT2D eigenvalue weighted by atomic mass is 10.1. The van der Waals surface area contributed by atoms with Gasteiger partial charge < -0.3 is 5.32 Å². The number of thioether (sulfide) groups is 1. The van der Waals surface area contributed by atoms with Crippen molar-refractivity contribution in [2.24, 2.45) is 5.92 Å². The van der Waals surface area contributed by atoms with E-state index in [4.69, 9.17) is 0 Å². The van der Waals surface area contributed by atoms with E-state index in [0.717, 1.165) is 22.8 Å². The van der Waals surface area contributed by atoms with Crippen molar-refractivity contribution in [1.82, 2.24) is 5.32 Å². The molecule has 1 N–H and O–H groups in total. The van der Waals surface area contributed by atoms with Gasteiger partial charge in [-0.15, -0.1) is 12.6 Å². The van der Waals surface area contributed by atoms with Crippen molar-refractivity contribution in [3.63, 3.8) is 0 Å². The van der Waals surface area contributed by atoms with Crippen LogP contribution in [0, 0.1) is 12.8 Å². The van der Waals surface area contributed by atoms with Crippen molar-refractivity contribution in [1.29, 1.82) is 0 Å². The van der Waals surface area contributed by atoms with Crippen molar-refractivity contribution in [2.45, 2.75) is 18.7 Å². The van der Waals surface area contributed by atoms with Crippen LogP contribution in [0.1, 0.15) is 22.8 Å². The Bertz CT molecular complexity index is 393. The van der Waals surface area contributed by atoms with Crippen LogP contribution < -0.4 is 5.32 Å². The Kier molecular flexibility index (Phi) is 5.92. The molecular weight excluding hydrogens is 250 g/mol. The maximum Gasteiger partial charge on any atom is 0.251 e. The van der Waals surface area contributed by atoms with Crippen LogP contribution in [-0.2, 0) is 0 Å². The molecule has 0 aliphatic rings. The van der Waals surface area contributed by atoms with E-state index < -0.39 is 0 Å². The van der Waals surface area contributed by atoms with E-state index in [2.05, 4.69) is 31.1 Å². The van der Waals surface area contributed by atoms with Gasteiger partial charge >= 0.3 is 0 Å². The van der Waals surface area contributed by atoms with Crippen LogP contribution in [0.5, 0.6) is 0 Å². The number of amides is 1. The Hall–Kier alpha value is -0.610. The summed E-state index contributed by atoms with van der Waals surface area (Å²) in [5.74, 6) is 1.55. The molecule has 0 fully saturated rings. The zero-order valence-electron chi connectivity index (χ0n) is 10.5. The van der Waals surface area contributed by atoms with Crippen LogP contribution in [0.3, 0.4) is 0 Å². The second-order valence-corrected chi connectivity index (χ2v) is 5.70. The number of rotatable bonds is 5. The molecule has 0 saturated carbocycles. The quantitative estimate of drug-likeness (QED) is 0.805. The number of nitrogens with one attached hydrogen (secondary N) is 1. The molecule has 1 aromatic carbocycles. The summed E-state index contributed by atoms with van der Waals surface area (Å²) in [6.07, 6.45) is 2.08. The predicted molar refractivity (Wildman–Crippen MR) is 78.3 cm³/mol. The molecule has 94 valence electrons. The summed E-state index contributed by atoms with van der Waals surface area (Å²) in [4.78, 5) is 12.8. The zero-order valence-corrected chi connectivity index (χ0v) is 12.2. The van der Waals surface area contributed by atoms with E-state index in [1.165, 1.54) is 0 Å². The molecule has 0 aliphatic carbocycles. The number of benzene rings is 1. The fraction of sp³-hybridized carbons (Fsp3) is 0.462. The van der Waals surface area contributed by atoms with Crippen LogP contribution in [-0.4, -0.2) is 24.5 Å². The van der Waals surface area contributed by atoms with Gasteiger partial charge in [-0.3, -0.25) is 4.79 Å². The summed E-state index contributed by atoms with van der Waals surface area (Å²) in [5.41, 5.74) is 1.70. The summed E-state index contributed by atoms with van der Waals surface area (Å²) < 4.78 is 0. The Morgan fingerprint density at radius 1 is 1.53 bits per heavy atom. The number of thiol groups is 1. The molecule has 1 amide bonds. The number of carbonyl (C=O) groups is 1. The average Bonchev–Trinajstić information content (AvgIpc) is 2.29. The minimum Gasteiger partial charge on any atom is -0.352 e. The van der Waals surface area contributed by atoms with Gasteiger partial charge in [-0.1, -0.05) is 13.0 Å². The van der Waals surface area contributed by atoms with Gasteiger partial charge in [0.2, 0.25) is 0 Å². The van der Waals surface area contributed by atoms with Gasteiger partial charge in [-0.25, -0.2) is 0 Å². The lowest BCUT2D eigenvalue weighted by Crippen LogP contribution is -2.29. The molecule has 2 nitrogen and oxygen atoms in total. The SMILES string of the molecule is CSCC(C)CNC(=O)c1cc(S)ccc1C. The molecule has 0 bridgehead atoms. The van der Waals surface area contributed by atoms with Crippen molar-refractivity contribution >= 4 is 30.3 Å². The number of hydrogen-bond donors (Lipinski definition) is 2. The first-order valence-electron chi connectivity index (χ1n) is 5.61. The molecule has 0 saturated heterocycles. The highest BCUT2D eigenvalue weighted by molar-refractivity contribution is 7.98. The van der Waals surface area contributed by atoms with Gasteiger partial charge in [-0.2, -0.15) is 11.8 Å². The number of hydrogen-bond acceptors (Lipinski definition) is 3. The topological polar surface area (TPSA) is 29.1 Å². The molecule has 1 aromatic rings. The molecule has 0 spiro atoms. The summed E-state index contributed by atoms with van der Waals surface area (Å²) in [5, 5.41) is 2.97. The van der Waals surface area contributed by atoms with Gasteiger partial charge in [0.25, 0.3) is 5.91 Å². The monoisotopic (exact) mass is 269 g/mol. The molecule has 17 heavy (non-hydrogen) atoms. The Morgan fingerprint density at radius 2 is 2.24 bits per heavy atom. The predicted octanol–water partition coefficient (Wildman–Crippen LogP) is 3.01. The van der Waals surface area contributed by atoms with Gasteiger partial charge in [0.15, 0.2) is 0 Å². The first-order chi connectivity index (χ1) is 8.04. The average molecular weight is 269 g/mol. The minimum atomic E-state index is -0.00801. The summed E-state index contributed by atoms with van der Waals surface area (Å²) >= 11 is 6.05. The Balaban J connectivity index is 2.61. The van der Waals surface area contributed by atoms with Gasteiger partial charge in [-0.05, 0) is 42.5 Å². The largest absolute Gasteiger partial charge is 0.352 e.